The largest absolute Gasteiger partial charge is 0.484 e. The lowest BCUT2D eigenvalue weighted by Gasteiger charge is -2.10. The van der Waals surface area contributed by atoms with Crippen molar-refractivity contribution in [1.29, 1.82) is 0 Å². The Hall–Kier alpha value is -1.64. The summed E-state index contributed by atoms with van der Waals surface area (Å²) in [6.45, 7) is 2.22. The Morgan fingerprint density at radius 1 is 1.33 bits per heavy atom. The molecule has 6 nitrogen and oxygen atoms in total. The molecule has 1 aliphatic carbocycles. The third-order valence-corrected chi connectivity index (χ3v) is 5.64. The minimum Gasteiger partial charge on any atom is -0.484 e. The third-order valence-electron chi connectivity index (χ3n) is 3.53. The van der Waals surface area contributed by atoms with Crippen LogP contribution in [-0.4, -0.2) is 24.1 Å². The average molecular weight is 380 g/mol. The zero-order valence-electron chi connectivity index (χ0n) is 12.8. The third kappa shape index (κ3) is 3.40. The Bertz CT molecular complexity index is 861. The number of halogens is 1. The molecule has 2 aromatic heterocycles. The molecule has 0 radical (unpaired) electrons. The van der Waals surface area contributed by atoms with Crippen molar-refractivity contribution < 1.29 is 4.74 Å². The summed E-state index contributed by atoms with van der Waals surface area (Å²) in [5.74, 6) is 2.24. The highest BCUT2D eigenvalue weighted by molar-refractivity contribution is 8.00. The molecular weight excluding hydrogens is 366 g/mol. The van der Waals surface area contributed by atoms with E-state index in [1.54, 1.807) is 0 Å². The summed E-state index contributed by atoms with van der Waals surface area (Å²) in [5, 5.41) is 10.1. The Morgan fingerprint density at radius 2 is 2.17 bits per heavy atom. The van der Waals surface area contributed by atoms with Crippen LogP contribution in [-0.2, 0) is 6.61 Å². The molecular formula is C15H14ClN5OS2. The van der Waals surface area contributed by atoms with Crippen molar-refractivity contribution in [1.82, 2.24) is 24.1 Å². The highest BCUT2D eigenvalue weighted by Crippen LogP contribution is 2.40. The van der Waals surface area contributed by atoms with Crippen molar-refractivity contribution in [2.75, 3.05) is 0 Å². The van der Waals surface area contributed by atoms with Crippen LogP contribution in [0.5, 0.6) is 5.75 Å². The summed E-state index contributed by atoms with van der Waals surface area (Å²) in [5.41, 5.74) is 0. The van der Waals surface area contributed by atoms with Crippen LogP contribution in [0.25, 0.3) is 0 Å². The van der Waals surface area contributed by atoms with Gasteiger partial charge in [-0.05, 0) is 55.2 Å². The van der Waals surface area contributed by atoms with Crippen molar-refractivity contribution >= 4 is 34.9 Å². The first kappa shape index (κ1) is 15.9. The molecule has 0 bridgehead atoms. The molecule has 0 unspecified atom stereocenters. The number of benzene rings is 1. The second-order valence-corrected chi connectivity index (χ2v) is 7.80. The van der Waals surface area contributed by atoms with E-state index in [0.29, 0.717) is 23.4 Å². The Labute approximate surface area is 152 Å². The van der Waals surface area contributed by atoms with Crippen LogP contribution in [0.1, 0.15) is 30.5 Å². The molecule has 1 saturated carbocycles. The molecule has 0 aliphatic heterocycles. The van der Waals surface area contributed by atoms with E-state index in [4.69, 9.17) is 16.3 Å². The van der Waals surface area contributed by atoms with Gasteiger partial charge in [0.05, 0.1) is 5.02 Å². The molecule has 1 fully saturated rings. The van der Waals surface area contributed by atoms with Gasteiger partial charge in [-0.3, -0.25) is 4.57 Å². The van der Waals surface area contributed by atoms with Gasteiger partial charge in [0.25, 0.3) is 0 Å². The van der Waals surface area contributed by atoms with Crippen LogP contribution < -0.4 is 4.74 Å². The maximum absolute atomic E-state index is 6.13. The van der Waals surface area contributed by atoms with Crippen LogP contribution in [0.4, 0.5) is 0 Å². The molecule has 3 aromatic rings. The molecule has 0 amide bonds. The molecule has 2 heterocycles. The number of para-hydroxylation sites is 1. The van der Waals surface area contributed by atoms with Gasteiger partial charge in [0.1, 0.15) is 18.2 Å². The normalized spacial score (nSPS) is 14.1. The van der Waals surface area contributed by atoms with E-state index in [-0.39, 0.29) is 0 Å². The van der Waals surface area contributed by atoms with Crippen molar-refractivity contribution in [2.45, 2.75) is 41.9 Å². The van der Waals surface area contributed by atoms with E-state index in [2.05, 4.69) is 24.1 Å². The van der Waals surface area contributed by atoms with Gasteiger partial charge in [-0.1, -0.05) is 23.7 Å². The predicted molar refractivity (Wildman–Crippen MR) is 92.8 cm³/mol. The van der Waals surface area contributed by atoms with E-state index < -0.39 is 0 Å². The Morgan fingerprint density at radius 3 is 2.88 bits per heavy atom. The van der Waals surface area contributed by atoms with Crippen LogP contribution in [0.15, 0.2) is 33.8 Å². The summed E-state index contributed by atoms with van der Waals surface area (Å²) in [4.78, 5) is 4.38. The van der Waals surface area contributed by atoms with Gasteiger partial charge < -0.3 is 4.74 Å². The number of nitrogens with zero attached hydrogens (tertiary/aromatic N) is 5. The maximum atomic E-state index is 6.13. The first-order chi connectivity index (χ1) is 11.7. The molecule has 1 aromatic carbocycles. The van der Waals surface area contributed by atoms with Gasteiger partial charge in [0.15, 0.2) is 15.3 Å². The highest BCUT2D eigenvalue weighted by atomic mass is 35.5. The molecule has 0 saturated heterocycles. The molecule has 0 atom stereocenters. The fraction of sp³-hybridized carbons (Fsp3) is 0.333. The molecule has 9 heteroatoms. The monoisotopic (exact) mass is 379 g/mol. The minimum absolute atomic E-state index is 0.336. The lowest BCUT2D eigenvalue weighted by atomic mass is 10.3. The van der Waals surface area contributed by atoms with Gasteiger partial charge in [-0.25, -0.2) is 4.98 Å². The molecule has 4 rings (SSSR count). The fourth-order valence-electron chi connectivity index (χ4n) is 2.28. The summed E-state index contributed by atoms with van der Waals surface area (Å²) in [6, 6.07) is 7.87. The lowest BCUT2D eigenvalue weighted by molar-refractivity contribution is 0.288. The number of hydrogen-bond donors (Lipinski definition) is 0. The Balaban J connectivity index is 1.54. The number of rotatable bonds is 6. The number of ether oxygens (including phenoxy) is 1. The molecule has 0 spiro atoms. The first-order valence-corrected chi connectivity index (χ1v) is 9.47. The SMILES string of the molecule is Cc1nsc(Sc2nnc(COc3ccccc3Cl)n2C2CC2)n1. The van der Waals surface area contributed by atoms with Crippen molar-refractivity contribution in [3.63, 3.8) is 0 Å². The van der Waals surface area contributed by atoms with E-state index in [1.165, 1.54) is 23.3 Å². The number of aryl methyl sites for hydroxylation is 1. The van der Waals surface area contributed by atoms with Crippen LogP contribution in [0, 0.1) is 6.92 Å². The summed E-state index contributed by atoms with van der Waals surface area (Å²) in [6.07, 6.45) is 2.28. The predicted octanol–water partition coefficient (Wildman–Crippen LogP) is 4.16. The standard InChI is InChI=1S/C15H14ClN5OS2/c1-9-17-15(24-20-9)23-14-19-18-13(21(14)10-6-7-10)8-22-12-5-3-2-4-11(12)16/h2-5,10H,6-8H2,1H3. The number of aromatic nitrogens is 5. The van der Waals surface area contributed by atoms with Gasteiger partial charge in [-0.15, -0.1) is 10.2 Å². The smallest absolute Gasteiger partial charge is 0.198 e. The van der Waals surface area contributed by atoms with Crippen LogP contribution in [0.2, 0.25) is 5.02 Å². The van der Waals surface area contributed by atoms with Gasteiger partial charge in [0.2, 0.25) is 0 Å². The number of hydrogen-bond acceptors (Lipinski definition) is 7. The lowest BCUT2D eigenvalue weighted by Crippen LogP contribution is -2.07. The minimum atomic E-state index is 0.336. The molecule has 124 valence electrons. The summed E-state index contributed by atoms with van der Waals surface area (Å²) in [7, 11) is 0. The summed E-state index contributed by atoms with van der Waals surface area (Å²) >= 11 is 9.01. The Kier molecular flexibility index (Phi) is 4.43. The molecule has 24 heavy (non-hydrogen) atoms. The highest BCUT2D eigenvalue weighted by Gasteiger charge is 2.30. The van der Waals surface area contributed by atoms with Crippen molar-refractivity contribution in [3.8, 4) is 5.75 Å². The molecule has 1 aliphatic rings. The maximum Gasteiger partial charge on any atom is 0.198 e. The van der Waals surface area contributed by atoms with Crippen molar-refractivity contribution in [3.05, 3.63) is 40.9 Å². The zero-order chi connectivity index (χ0) is 16.5. The topological polar surface area (TPSA) is 65.7 Å². The van der Waals surface area contributed by atoms with Crippen LogP contribution in [0.3, 0.4) is 0 Å². The zero-order valence-corrected chi connectivity index (χ0v) is 15.2. The van der Waals surface area contributed by atoms with E-state index in [9.17, 15) is 0 Å². The second kappa shape index (κ2) is 6.70. The fourth-order valence-corrected chi connectivity index (χ4v) is 4.14. The summed E-state index contributed by atoms with van der Waals surface area (Å²) < 4.78 is 13.1. The van der Waals surface area contributed by atoms with Gasteiger partial charge in [0, 0.05) is 6.04 Å². The van der Waals surface area contributed by atoms with E-state index in [1.807, 2.05) is 31.2 Å². The average Bonchev–Trinajstić information content (AvgIpc) is 3.21. The van der Waals surface area contributed by atoms with Crippen LogP contribution >= 0.6 is 34.9 Å². The van der Waals surface area contributed by atoms with E-state index in [0.717, 1.165) is 34.0 Å². The van der Waals surface area contributed by atoms with Gasteiger partial charge >= 0.3 is 0 Å². The first-order valence-electron chi connectivity index (χ1n) is 7.50. The van der Waals surface area contributed by atoms with Crippen molar-refractivity contribution in [2.24, 2.45) is 0 Å². The molecule has 0 N–H and O–H groups in total. The second-order valence-electron chi connectivity index (χ2n) is 5.43. The van der Waals surface area contributed by atoms with E-state index >= 15 is 0 Å². The van der Waals surface area contributed by atoms with Gasteiger partial charge in [-0.2, -0.15) is 4.37 Å². The quantitative estimate of drug-likeness (QED) is 0.640.